The van der Waals surface area contributed by atoms with Crippen molar-refractivity contribution in [2.75, 3.05) is 21.3 Å². The summed E-state index contributed by atoms with van der Waals surface area (Å²) in [4.78, 5) is 70.5. The lowest BCUT2D eigenvalue weighted by Gasteiger charge is -2.25. The van der Waals surface area contributed by atoms with Gasteiger partial charge in [-0.15, -0.1) is 0 Å². The van der Waals surface area contributed by atoms with Gasteiger partial charge in [-0.3, -0.25) is 28.8 Å². The van der Waals surface area contributed by atoms with Gasteiger partial charge in [-0.2, -0.15) is 0 Å². The highest BCUT2D eigenvalue weighted by molar-refractivity contribution is 6.07. The largest absolute Gasteiger partial charge is 0.469 e. The van der Waals surface area contributed by atoms with Gasteiger partial charge in [0.05, 0.1) is 21.3 Å². The highest BCUT2D eigenvalue weighted by Gasteiger charge is 2.57. The summed E-state index contributed by atoms with van der Waals surface area (Å²) in [7, 11) is 4.30. The minimum absolute atomic E-state index is 0.121. The Morgan fingerprint density at radius 2 is 0.779 bits per heavy atom. The van der Waals surface area contributed by atoms with Gasteiger partial charge in [0.25, 0.3) is 0 Å². The molecule has 0 aromatic rings. The molecule has 2 saturated carbocycles. The minimum atomic E-state index is -0.137. The number of carbonyl (C=O) groups is 6. The minimum Gasteiger partial charge on any atom is -0.469 e. The number of ether oxygens (including phenoxy) is 3. The van der Waals surface area contributed by atoms with E-state index in [4.69, 9.17) is 4.74 Å². The summed E-state index contributed by atoms with van der Waals surface area (Å²) in [6.45, 7) is 6.74. The third-order valence-corrected chi connectivity index (χ3v) is 16.9. The van der Waals surface area contributed by atoms with Crippen molar-refractivity contribution in [1.82, 2.24) is 0 Å². The average Bonchev–Trinajstić information content (AvgIpc) is 4.38. The molecule has 0 saturated heterocycles. The molecule has 5 aliphatic carbocycles. The van der Waals surface area contributed by atoms with Crippen LogP contribution in [0, 0.1) is 41.4 Å². The molecule has 5 rings (SSSR count). The lowest BCUT2D eigenvalue weighted by atomic mass is 9.78. The maximum absolute atomic E-state index is 13.2. The van der Waals surface area contributed by atoms with Crippen LogP contribution in [0.1, 0.15) is 258 Å². The first kappa shape index (κ1) is 67.1. The number of carbonyl (C=O) groups excluding carboxylic acids is 6. The number of fused-ring (bicyclic) bond motifs is 5. The van der Waals surface area contributed by atoms with E-state index in [-0.39, 0.29) is 35.4 Å². The molecule has 0 heterocycles. The molecule has 434 valence electrons. The van der Waals surface area contributed by atoms with Crippen molar-refractivity contribution in [3.63, 3.8) is 0 Å². The van der Waals surface area contributed by atoms with Crippen molar-refractivity contribution in [2.24, 2.45) is 41.4 Å². The van der Waals surface area contributed by atoms with Crippen molar-refractivity contribution in [2.45, 2.75) is 258 Å². The first-order valence-corrected chi connectivity index (χ1v) is 31.5. The molecule has 0 aromatic carbocycles. The molecule has 0 aliphatic heterocycles. The van der Waals surface area contributed by atoms with Crippen LogP contribution in [-0.2, 0) is 43.0 Å². The van der Waals surface area contributed by atoms with Crippen molar-refractivity contribution in [1.29, 1.82) is 0 Å². The van der Waals surface area contributed by atoms with Gasteiger partial charge in [0, 0.05) is 48.2 Å². The smallest absolute Gasteiger partial charge is 0.305 e. The Balaban J connectivity index is 0.000000306. The van der Waals surface area contributed by atoms with Crippen molar-refractivity contribution >= 4 is 35.3 Å². The second kappa shape index (κ2) is 41.8. The van der Waals surface area contributed by atoms with Crippen molar-refractivity contribution < 1.29 is 43.0 Å². The van der Waals surface area contributed by atoms with Crippen molar-refractivity contribution in [3.8, 4) is 0 Å². The SMILES string of the molecule is CCCCCCCC[C@@H]1/C(=C\CCCCCC(=O)OC)C(=O)[C@@H]2[C@H]1[C@H]1C=C[C@@H]2C1.CCCCCCCC[C@H]1C=CC(=O)/C1=C/CCCCCC(=O)OC.CCCCCCCC[C@H]1C=CC(=O)/C1=C\CCCCCC(=O)OC. The van der Waals surface area contributed by atoms with E-state index in [1.54, 1.807) is 12.2 Å². The summed E-state index contributed by atoms with van der Waals surface area (Å²) in [5.41, 5.74) is 3.16. The Morgan fingerprint density at radius 1 is 0.429 bits per heavy atom. The number of esters is 3. The Hall–Kier alpha value is -4.14. The van der Waals surface area contributed by atoms with Gasteiger partial charge in [0.2, 0.25) is 0 Å². The standard InChI is InChI=1S/C26H40O3.2C21H34O3/c1-3-4-5-6-7-10-13-21-22(14-11-8-9-12-15-23(27)29-2)26(28)25-20-17-16-19(18-20)24(21)25;2*1-3-4-5-6-7-10-13-18-16-17-20(22)19(18)14-11-8-9-12-15-21(23)24-2/h14,16-17,19-21,24-25H,3-13,15,18H2,1-2H3;2*14,16-18H,3-13,15H2,1-2H3/b22-14+;19-14+;19-14-/t19-,20+,21+,24-,25-;2*18-/m000/s1. The molecule has 7 atom stereocenters. The molecule has 77 heavy (non-hydrogen) atoms. The second-order valence-corrected chi connectivity index (χ2v) is 22.9. The number of allylic oxidation sites excluding steroid dienone is 12. The molecule has 0 amide bonds. The summed E-state index contributed by atoms with van der Waals surface area (Å²) in [6.07, 6.45) is 60.0. The number of methoxy groups -OCH3 is 3. The van der Waals surface area contributed by atoms with E-state index in [2.05, 4.69) is 72.8 Å². The zero-order chi connectivity index (χ0) is 55.9. The number of ketones is 3. The molecule has 9 heteroatoms. The van der Waals surface area contributed by atoms with Gasteiger partial charge < -0.3 is 14.2 Å². The van der Waals surface area contributed by atoms with Gasteiger partial charge in [-0.05, 0) is 125 Å². The first-order valence-electron chi connectivity index (χ1n) is 31.5. The van der Waals surface area contributed by atoms with E-state index < -0.39 is 0 Å². The van der Waals surface area contributed by atoms with Crippen LogP contribution in [-0.4, -0.2) is 56.6 Å². The predicted octanol–water partition coefficient (Wildman–Crippen LogP) is 17.5. The van der Waals surface area contributed by atoms with Crippen LogP contribution >= 0.6 is 0 Å². The highest BCUT2D eigenvalue weighted by atomic mass is 16.5. The molecule has 0 aromatic heterocycles. The van der Waals surface area contributed by atoms with E-state index in [1.165, 1.54) is 155 Å². The van der Waals surface area contributed by atoms with Crippen LogP contribution in [0.2, 0.25) is 0 Å². The fraction of sp³-hybridized carbons (Fsp3) is 0.735. The summed E-state index contributed by atoms with van der Waals surface area (Å²) in [5.74, 6) is 3.64. The van der Waals surface area contributed by atoms with Gasteiger partial charge in [-0.1, -0.05) is 198 Å². The molecule has 0 radical (unpaired) electrons. The zero-order valence-corrected chi connectivity index (χ0v) is 49.6. The molecular weight excluding hydrogens is 961 g/mol. The number of hydrogen-bond donors (Lipinski definition) is 0. The van der Waals surface area contributed by atoms with Crippen LogP contribution in [0.4, 0.5) is 0 Å². The fourth-order valence-electron chi connectivity index (χ4n) is 12.4. The van der Waals surface area contributed by atoms with Crippen LogP contribution in [0.25, 0.3) is 0 Å². The Bertz CT molecular complexity index is 1830. The van der Waals surface area contributed by atoms with Gasteiger partial charge >= 0.3 is 17.9 Å². The lowest BCUT2D eigenvalue weighted by molar-refractivity contribution is -0.141. The van der Waals surface area contributed by atoms with Gasteiger partial charge in [0.15, 0.2) is 17.3 Å². The Labute approximate surface area is 468 Å². The molecule has 2 bridgehead atoms. The molecule has 9 nitrogen and oxygen atoms in total. The quantitative estimate of drug-likeness (QED) is 0.0194. The van der Waals surface area contributed by atoms with Crippen LogP contribution < -0.4 is 0 Å². The maximum Gasteiger partial charge on any atom is 0.305 e. The first-order chi connectivity index (χ1) is 37.5. The Kier molecular flexibility index (Phi) is 36.5. The topological polar surface area (TPSA) is 130 Å². The number of unbranched alkanes of at least 4 members (excludes halogenated alkanes) is 24. The lowest BCUT2D eigenvalue weighted by Crippen LogP contribution is -2.21. The maximum atomic E-state index is 13.2. The molecule has 5 aliphatic rings. The van der Waals surface area contributed by atoms with Gasteiger partial charge in [-0.25, -0.2) is 0 Å². The van der Waals surface area contributed by atoms with Crippen LogP contribution in [0.3, 0.4) is 0 Å². The van der Waals surface area contributed by atoms with E-state index in [9.17, 15) is 28.8 Å². The van der Waals surface area contributed by atoms with Gasteiger partial charge in [0.1, 0.15) is 0 Å². The number of hydrogen-bond acceptors (Lipinski definition) is 9. The molecule has 2 fully saturated rings. The van der Waals surface area contributed by atoms with E-state index in [0.29, 0.717) is 60.6 Å². The van der Waals surface area contributed by atoms with E-state index in [1.807, 2.05) is 0 Å². The Morgan fingerprint density at radius 3 is 1.18 bits per heavy atom. The third kappa shape index (κ3) is 26.1. The molecule has 0 unspecified atom stereocenters. The second-order valence-electron chi connectivity index (χ2n) is 22.9. The summed E-state index contributed by atoms with van der Waals surface area (Å²) < 4.78 is 14.0. The monoisotopic (exact) mass is 1070 g/mol. The summed E-state index contributed by atoms with van der Waals surface area (Å²) in [5, 5.41) is 0. The average molecular weight is 1070 g/mol. The third-order valence-electron chi connectivity index (χ3n) is 16.9. The summed E-state index contributed by atoms with van der Waals surface area (Å²) >= 11 is 0. The number of rotatable bonds is 39. The predicted molar refractivity (Wildman–Crippen MR) is 315 cm³/mol. The highest BCUT2D eigenvalue weighted by Crippen LogP contribution is 2.59. The number of Topliss-reactive ketones (excluding diaryl/α,β-unsaturated/α-hetero) is 1. The zero-order valence-electron chi connectivity index (χ0n) is 49.6. The van der Waals surface area contributed by atoms with Crippen LogP contribution in [0.5, 0.6) is 0 Å². The summed E-state index contributed by atoms with van der Waals surface area (Å²) in [6, 6.07) is 0. The van der Waals surface area contributed by atoms with Crippen LogP contribution in [0.15, 0.2) is 71.4 Å². The fourth-order valence-corrected chi connectivity index (χ4v) is 12.4. The molecule has 0 spiro atoms. The van der Waals surface area contributed by atoms with E-state index >= 15 is 0 Å². The normalized spacial score (nSPS) is 23.2. The molecule has 0 N–H and O–H groups in total. The van der Waals surface area contributed by atoms with E-state index in [0.717, 1.165) is 101 Å². The van der Waals surface area contributed by atoms with Crippen molar-refractivity contribution in [3.05, 3.63) is 71.4 Å². The molecular formula is C68H108O9.